The van der Waals surface area contributed by atoms with Gasteiger partial charge in [0.05, 0.1) is 12.5 Å². The lowest BCUT2D eigenvalue weighted by atomic mass is 10.00. The molecule has 0 aliphatic rings. The first-order valence-electron chi connectivity index (χ1n) is 10.5. The highest BCUT2D eigenvalue weighted by molar-refractivity contribution is 5.95. The third-order valence-corrected chi connectivity index (χ3v) is 4.61. The van der Waals surface area contributed by atoms with Crippen molar-refractivity contribution in [2.45, 2.75) is 77.5 Å². The second kappa shape index (κ2) is 14.0. The average molecular weight is 474 g/mol. The lowest BCUT2D eigenvalue weighted by Gasteiger charge is -2.26. The maximum absolute atomic E-state index is 12.8. The lowest BCUT2D eigenvalue weighted by Crippen LogP contribution is -2.58. The summed E-state index contributed by atoms with van der Waals surface area (Å²) in [5.41, 5.74) is 10.8. The van der Waals surface area contributed by atoms with E-state index in [4.69, 9.17) is 16.6 Å². The van der Waals surface area contributed by atoms with E-state index in [-0.39, 0.29) is 18.8 Å². The van der Waals surface area contributed by atoms with Crippen LogP contribution in [0.2, 0.25) is 0 Å². The molecule has 0 rings (SSSR count). The van der Waals surface area contributed by atoms with Gasteiger partial charge in [-0.05, 0) is 24.7 Å². The number of carbonyl (C=O) groups excluding carboxylic acids is 4. The van der Waals surface area contributed by atoms with E-state index in [1.54, 1.807) is 13.8 Å². The molecule has 13 heteroatoms. The first-order valence-corrected chi connectivity index (χ1v) is 10.5. The molecule has 0 saturated carbocycles. The molecule has 188 valence electrons. The standard InChI is InChI=1S/C20H35N5O8/c1-9(2)7-11(21)17(29)25-16(10(3)4)19(31)24-13(8-15(27)28)18(30)23-12(20(32)33)5-6-14(22)26/h9-13,16H,5-8,21H2,1-4H3,(H2,22,26)(H,23,30)(H,24,31)(H,25,29)(H,27,28)(H,32,33). The number of rotatable bonds is 15. The van der Waals surface area contributed by atoms with Crippen molar-refractivity contribution in [1.82, 2.24) is 16.0 Å². The molecule has 4 atom stereocenters. The Morgan fingerprint density at radius 2 is 1.36 bits per heavy atom. The van der Waals surface area contributed by atoms with Gasteiger partial charge in [-0.15, -0.1) is 0 Å². The number of aliphatic carboxylic acids is 2. The molecule has 33 heavy (non-hydrogen) atoms. The highest BCUT2D eigenvalue weighted by Gasteiger charge is 2.32. The van der Waals surface area contributed by atoms with Gasteiger partial charge in [-0.25, -0.2) is 4.79 Å². The zero-order chi connectivity index (χ0) is 25.9. The maximum Gasteiger partial charge on any atom is 0.326 e. The molecule has 0 aliphatic heterocycles. The van der Waals surface area contributed by atoms with Crippen molar-refractivity contribution in [1.29, 1.82) is 0 Å². The Morgan fingerprint density at radius 1 is 0.818 bits per heavy atom. The van der Waals surface area contributed by atoms with Crippen LogP contribution in [0.25, 0.3) is 0 Å². The van der Waals surface area contributed by atoms with Crippen LogP contribution in [0, 0.1) is 11.8 Å². The van der Waals surface area contributed by atoms with Crippen LogP contribution >= 0.6 is 0 Å². The summed E-state index contributed by atoms with van der Waals surface area (Å²) >= 11 is 0. The Bertz CT molecular complexity index is 740. The summed E-state index contributed by atoms with van der Waals surface area (Å²) in [6, 6.07) is -5.13. The number of amides is 4. The molecule has 0 saturated heterocycles. The number of carbonyl (C=O) groups is 6. The zero-order valence-electron chi connectivity index (χ0n) is 19.3. The number of carboxylic acids is 2. The van der Waals surface area contributed by atoms with Gasteiger partial charge in [0.15, 0.2) is 0 Å². The minimum absolute atomic E-state index is 0.137. The first-order chi connectivity index (χ1) is 15.1. The Morgan fingerprint density at radius 3 is 1.79 bits per heavy atom. The van der Waals surface area contributed by atoms with E-state index in [0.717, 1.165) is 0 Å². The number of nitrogens with two attached hydrogens (primary N) is 2. The summed E-state index contributed by atoms with van der Waals surface area (Å²) in [5, 5.41) is 25.2. The monoisotopic (exact) mass is 473 g/mol. The largest absolute Gasteiger partial charge is 0.481 e. The van der Waals surface area contributed by atoms with Crippen LogP contribution in [0.15, 0.2) is 0 Å². The van der Waals surface area contributed by atoms with Crippen LogP contribution in [0.4, 0.5) is 0 Å². The van der Waals surface area contributed by atoms with Gasteiger partial charge >= 0.3 is 11.9 Å². The lowest BCUT2D eigenvalue weighted by molar-refractivity contribution is -0.144. The van der Waals surface area contributed by atoms with Crippen LogP contribution in [0.5, 0.6) is 0 Å². The number of hydrogen-bond acceptors (Lipinski definition) is 7. The molecule has 0 fully saturated rings. The van der Waals surface area contributed by atoms with Crippen molar-refractivity contribution in [2.24, 2.45) is 23.3 Å². The predicted molar refractivity (Wildman–Crippen MR) is 116 cm³/mol. The highest BCUT2D eigenvalue weighted by atomic mass is 16.4. The molecular formula is C20H35N5O8. The van der Waals surface area contributed by atoms with Crippen molar-refractivity contribution < 1.29 is 39.0 Å². The van der Waals surface area contributed by atoms with Crippen LogP contribution < -0.4 is 27.4 Å². The van der Waals surface area contributed by atoms with Gasteiger partial charge in [-0.1, -0.05) is 27.7 Å². The van der Waals surface area contributed by atoms with E-state index in [0.29, 0.717) is 6.42 Å². The number of hydrogen-bond donors (Lipinski definition) is 7. The Kier molecular flexibility index (Phi) is 12.7. The van der Waals surface area contributed by atoms with Crippen molar-refractivity contribution in [3.63, 3.8) is 0 Å². The van der Waals surface area contributed by atoms with E-state index >= 15 is 0 Å². The van der Waals surface area contributed by atoms with Gasteiger partial charge in [0, 0.05) is 6.42 Å². The molecule has 0 aromatic heterocycles. The SMILES string of the molecule is CC(C)CC(N)C(=O)NC(C(=O)NC(CC(=O)O)C(=O)NC(CCC(N)=O)C(=O)O)C(C)C. The van der Waals surface area contributed by atoms with Crippen molar-refractivity contribution in [3.05, 3.63) is 0 Å². The van der Waals surface area contributed by atoms with E-state index in [2.05, 4.69) is 16.0 Å². The summed E-state index contributed by atoms with van der Waals surface area (Å²) in [6.07, 6.45) is -1.11. The predicted octanol–water partition coefficient (Wildman–Crippen LogP) is -1.70. The molecule has 0 radical (unpaired) electrons. The molecule has 9 N–H and O–H groups in total. The topological polar surface area (TPSA) is 231 Å². The molecule has 0 aromatic rings. The normalized spacial score (nSPS) is 14.6. The fraction of sp³-hybridized carbons (Fsp3) is 0.700. The molecule has 0 aromatic carbocycles. The molecule has 0 bridgehead atoms. The quantitative estimate of drug-likeness (QED) is 0.143. The Balaban J connectivity index is 5.45. The van der Waals surface area contributed by atoms with Crippen LogP contribution in [0.3, 0.4) is 0 Å². The van der Waals surface area contributed by atoms with Gasteiger partial charge < -0.3 is 37.6 Å². The number of carboxylic acid groups (broad SMARTS) is 2. The zero-order valence-corrected chi connectivity index (χ0v) is 19.3. The minimum atomic E-state index is -1.63. The van der Waals surface area contributed by atoms with Crippen molar-refractivity contribution >= 4 is 35.6 Å². The smallest absolute Gasteiger partial charge is 0.326 e. The van der Waals surface area contributed by atoms with Crippen molar-refractivity contribution in [3.8, 4) is 0 Å². The third kappa shape index (κ3) is 11.8. The fourth-order valence-electron chi connectivity index (χ4n) is 2.87. The molecule has 0 aliphatic carbocycles. The molecule has 0 heterocycles. The van der Waals surface area contributed by atoms with E-state index in [1.165, 1.54) is 0 Å². The Hall–Kier alpha value is -3.22. The summed E-state index contributed by atoms with van der Waals surface area (Å²) in [4.78, 5) is 71.1. The van der Waals surface area contributed by atoms with Crippen LogP contribution in [-0.2, 0) is 28.8 Å². The Labute approximate surface area is 192 Å². The molecule has 4 unspecified atom stereocenters. The summed E-state index contributed by atoms with van der Waals surface area (Å²) in [6.45, 7) is 7.02. The van der Waals surface area contributed by atoms with E-state index in [9.17, 15) is 33.9 Å². The number of nitrogens with one attached hydrogen (secondary N) is 3. The summed E-state index contributed by atoms with van der Waals surface area (Å²) in [5.74, 6) is -6.45. The van der Waals surface area contributed by atoms with Gasteiger partial charge in [0.2, 0.25) is 23.6 Å². The minimum Gasteiger partial charge on any atom is -0.481 e. The first kappa shape index (κ1) is 29.8. The summed E-state index contributed by atoms with van der Waals surface area (Å²) in [7, 11) is 0. The maximum atomic E-state index is 12.8. The van der Waals surface area contributed by atoms with Gasteiger partial charge in [-0.2, -0.15) is 0 Å². The number of primary amides is 1. The molecular weight excluding hydrogens is 438 g/mol. The van der Waals surface area contributed by atoms with Crippen LogP contribution in [0.1, 0.15) is 53.4 Å². The van der Waals surface area contributed by atoms with Gasteiger partial charge in [-0.3, -0.25) is 24.0 Å². The molecule has 13 nitrogen and oxygen atoms in total. The van der Waals surface area contributed by atoms with E-state index < -0.39 is 72.1 Å². The second-order valence-corrected chi connectivity index (χ2v) is 8.53. The van der Waals surface area contributed by atoms with Gasteiger partial charge in [0.25, 0.3) is 0 Å². The summed E-state index contributed by atoms with van der Waals surface area (Å²) < 4.78 is 0. The van der Waals surface area contributed by atoms with E-state index in [1.807, 2.05) is 13.8 Å². The third-order valence-electron chi connectivity index (χ3n) is 4.61. The molecule has 0 spiro atoms. The fourth-order valence-corrected chi connectivity index (χ4v) is 2.87. The van der Waals surface area contributed by atoms with Crippen molar-refractivity contribution in [2.75, 3.05) is 0 Å². The average Bonchev–Trinajstić information content (AvgIpc) is 2.66. The highest BCUT2D eigenvalue weighted by Crippen LogP contribution is 2.08. The van der Waals surface area contributed by atoms with Gasteiger partial charge in [0.1, 0.15) is 18.1 Å². The second-order valence-electron chi connectivity index (χ2n) is 8.53. The molecule has 4 amide bonds. The van der Waals surface area contributed by atoms with Crippen LogP contribution in [-0.4, -0.2) is 69.9 Å².